The van der Waals surface area contributed by atoms with Crippen molar-refractivity contribution >= 4 is 33.0 Å². The minimum absolute atomic E-state index is 0.115. The van der Waals surface area contributed by atoms with Crippen LogP contribution in [0.3, 0.4) is 0 Å². The minimum Gasteiger partial charge on any atom is -0.462 e. The fourth-order valence-corrected chi connectivity index (χ4v) is 13.3. The van der Waals surface area contributed by atoms with Gasteiger partial charge in [-0.1, -0.05) is 135 Å². The molecule has 2 unspecified atom stereocenters. The van der Waals surface area contributed by atoms with Crippen LogP contribution in [0.15, 0.2) is 106 Å². The van der Waals surface area contributed by atoms with Crippen molar-refractivity contribution in [1.29, 1.82) is 0 Å². The van der Waals surface area contributed by atoms with E-state index in [4.69, 9.17) is 8.83 Å². The maximum Gasteiger partial charge on any atom is 0.130 e. The van der Waals surface area contributed by atoms with Crippen molar-refractivity contribution in [3.63, 3.8) is 0 Å². The van der Waals surface area contributed by atoms with E-state index in [1.165, 1.54) is 78.8 Å². The van der Waals surface area contributed by atoms with Gasteiger partial charge in [0.25, 0.3) is 0 Å². The van der Waals surface area contributed by atoms with Crippen LogP contribution in [-0.4, -0.2) is 10.2 Å². The molecule has 6 aromatic rings. The van der Waals surface area contributed by atoms with Crippen LogP contribution in [0.4, 0.5) is 0 Å². The third-order valence-corrected chi connectivity index (χ3v) is 16.4. The molecule has 0 aliphatic heterocycles. The Kier molecular flexibility index (Phi) is 9.11. The van der Waals surface area contributed by atoms with Gasteiger partial charge in [0.1, 0.15) is 23.0 Å². The molecular formula is C56H62O2Si. The summed E-state index contributed by atoms with van der Waals surface area (Å²) in [7, 11) is 1.07. The molecule has 2 heterocycles. The van der Waals surface area contributed by atoms with Crippen molar-refractivity contribution in [3.8, 4) is 22.3 Å². The van der Waals surface area contributed by atoms with Crippen LogP contribution in [-0.2, 0) is 28.1 Å². The van der Waals surface area contributed by atoms with E-state index in [2.05, 4.69) is 172 Å². The first-order valence-electron chi connectivity index (χ1n) is 21.9. The summed E-state index contributed by atoms with van der Waals surface area (Å²) in [5, 5.41) is 0. The highest BCUT2D eigenvalue weighted by atomic mass is 28.1. The monoisotopic (exact) mass is 794 g/mol. The summed E-state index contributed by atoms with van der Waals surface area (Å²) in [6, 6.07) is 35.5. The highest BCUT2D eigenvalue weighted by molar-refractivity contribution is 6.25. The van der Waals surface area contributed by atoms with E-state index in [0.717, 1.165) is 39.7 Å². The second-order valence-electron chi connectivity index (χ2n) is 20.7. The van der Waals surface area contributed by atoms with Crippen molar-refractivity contribution in [1.82, 2.24) is 0 Å². The average molecular weight is 795 g/mol. The van der Waals surface area contributed by atoms with Gasteiger partial charge in [-0.15, -0.1) is 0 Å². The van der Waals surface area contributed by atoms with E-state index in [9.17, 15) is 0 Å². The molecule has 10 rings (SSSR count). The van der Waals surface area contributed by atoms with Crippen LogP contribution in [0.1, 0.15) is 149 Å². The van der Waals surface area contributed by atoms with Gasteiger partial charge in [0.15, 0.2) is 0 Å². The fourth-order valence-electron chi connectivity index (χ4n) is 12.2. The topological polar surface area (TPSA) is 26.3 Å². The van der Waals surface area contributed by atoms with Gasteiger partial charge in [-0.05, 0) is 169 Å². The third kappa shape index (κ3) is 6.08. The molecule has 59 heavy (non-hydrogen) atoms. The quantitative estimate of drug-likeness (QED) is 0.166. The van der Waals surface area contributed by atoms with E-state index in [-0.39, 0.29) is 21.7 Å². The Bertz CT molecular complexity index is 2710. The first-order chi connectivity index (χ1) is 27.8. The fraction of sp³-hybridized carbons (Fsp3) is 0.357. The van der Waals surface area contributed by atoms with Gasteiger partial charge in [-0.25, -0.2) is 0 Å². The number of benzene rings is 4. The summed E-state index contributed by atoms with van der Waals surface area (Å²) in [6.07, 6.45) is 4.51. The number of aryl methyl sites for hydroxylation is 2. The van der Waals surface area contributed by atoms with Crippen molar-refractivity contribution < 1.29 is 8.83 Å². The molecule has 0 amide bonds. The number of furan rings is 2. The summed E-state index contributed by atoms with van der Waals surface area (Å²) < 4.78 is 12.1. The smallest absolute Gasteiger partial charge is 0.130 e. The first-order valence-corrected chi connectivity index (χ1v) is 23.1. The van der Waals surface area contributed by atoms with Gasteiger partial charge in [0.05, 0.1) is 0 Å². The lowest BCUT2D eigenvalue weighted by Crippen LogP contribution is -2.31. The van der Waals surface area contributed by atoms with E-state index in [0.29, 0.717) is 11.5 Å². The molecule has 2 aromatic heterocycles. The highest BCUT2D eigenvalue weighted by Crippen LogP contribution is 2.61. The van der Waals surface area contributed by atoms with Crippen LogP contribution >= 0.6 is 0 Å². The largest absolute Gasteiger partial charge is 0.462 e. The molecule has 3 heteroatoms. The zero-order valence-corrected chi connectivity index (χ0v) is 39.7. The predicted octanol–water partition coefficient (Wildman–Crippen LogP) is 14.1. The molecule has 2 nitrogen and oxygen atoms in total. The first kappa shape index (κ1) is 39.6. The standard InChI is InChI=1S/C29H34OSi.C27H28O/c1-16-13-14-22(30-16)24-17(2)23-20(27(24)31)15-21-26(25(23)19-11-9-8-10-12-19)29(6,7)18(3)28(21,4)5;1-17-11-12-23(28-17)20-13-19-15-22-25(27(4,5)16-26(22,2)3)24(21(19)14-20)18-9-7-6-8-10-18/h8-15,18,27H,1-7,31H3;6-12,14-15H,13,16H2,1-5H3. The van der Waals surface area contributed by atoms with Crippen LogP contribution in [0.2, 0.25) is 0 Å². The zero-order valence-electron chi connectivity index (χ0n) is 37.7. The molecule has 4 aliphatic carbocycles. The van der Waals surface area contributed by atoms with Crippen LogP contribution in [0.5, 0.6) is 0 Å². The van der Waals surface area contributed by atoms with Crippen LogP contribution in [0, 0.1) is 19.8 Å². The van der Waals surface area contributed by atoms with Crippen molar-refractivity contribution in [2.45, 2.75) is 123 Å². The summed E-state index contributed by atoms with van der Waals surface area (Å²) in [5.41, 5.74) is 22.7. The molecule has 0 radical (unpaired) electrons. The van der Waals surface area contributed by atoms with Crippen molar-refractivity contribution in [2.75, 3.05) is 0 Å². The van der Waals surface area contributed by atoms with Crippen LogP contribution in [0.25, 0.3) is 45.0 Å². The summed E-state index contributed by atoms with van der Waals surface area (Å²) in [5.74, 6) is 4.59. The van der Waals surface area contributed by atoms with E-state index in [1.807, 2.05) is 13.8 Å². The normalized spacial score (nSPS) is 21.1. The van der Waals surface area contributed by atoms with E-state index in [1.54, 1.807) is 11.1 Å². The Labute approximate surface area is 356 Å². The molecule has 4 aliphatic rings. The number of hydrogen-bond donors (Lipinski definition) is 0. The molecule has 0 saturated heterocycles. The van der Waals surface area contributed by atoms with E-state index < -0.39 is 0 Å². The highest BCUT2D eigenvalue weighted by Gasteiger charge is 2.51. The van der Waals surface area contributed by atoms with Gasteiger partial charge in [-0.3, -0.25) is 0 Å². The lowest BCUT2D eigenvalue weighted by atomic mass is 9.71. The van der Waals surface area contributed by atoms with E-state index >= 15 is 0 Å². The minimum atomic E-state index is 0.115. The second-order valence-corrected chi connectivity index (χ2v) is 21.8. The zero-order chi connectivity index (χ0) is 42.0. The Morgan fingerprint density at radius 2 is 1.17 bits per heavy atom. The molecule has 0 N–H and O–H groups in total. The Hall–Kier alpha value is -4.86. The average Bonchev–Trinajstić information content (AvgIpc) is 4.02. The van der Waals surface area contributed by atoms with Gasteiger partial charge >= 0.3 is 0 Å². The molecule has 0 saturated carbocycles. The summed E-state index contributed by atoms with van der Waals surface area (Å²) in [6.45, 7) is 28.2. The maximum absolute atomic E-state index is 6.15. The molecule has 0 spiro atoms. The third-order valence-electron chi connectivity index (χ3n) is 15.2. The SMILES string of the molecule is CC1=C(c2ccc(C)o2)C([SiH3])c2cc3c(c(-c4ccccc4)c21)C(C)(C)C(C)C3(C)C.Cc1ccc(C2=Cc3c(cc4c(c3-c3ccccc3)C(C)(C)CC4(C)C)C2)o1. The van der Waals surface area contributed by atoms with Gasteiger partial charge in [-0.2, -0.15) is 0 Å². The lowest BCUT2D eigenvalue weighted by Gasteiger charge is -2.33. The Balaban J connectivity index is 0.000000153. The molecule has 0 fully saturated rings. The predicted molar refractivity (Wildman–Crippen MR) is 253 cm³/mol. The molecular weight excluding hydrogens is 733 g/mol. The van der Waals surface area contributed by atoms with Gasteiger partial charge in [0, 0.05) is 22.2 Å². The maximum atomic E-state index is 6.15. The lowest BCUT2D eigenvalue weighted by molar-refractivity contribution is 0.264. The molecule has 2 atom stereocenters. The van der Waals surface area contributed by atoms with Crippen molar-refractivity contribution in [3.05, 3.63) is 165 Å². The summed E-state index contributed by atoms with van der Waals surface area (Å²) >= 11 is 0. The van der Waals surface area contributed by atoms with Gasteiger partial charge < -0.3 is 8.83 Å². The molecule has 4 aromatic carbocycles. The Morgan fingerprint density at radius 3 is 1.75 bits per heavy atom. The Morgan fingerprint density at radius 1 is 0.593 bits per heavy atom. The molecule has 0 bridgehead atoms. The van der Waals surface area contributed by atoms with Crippen LogP contribution < -0.4 is 0 Å². The number of fused-ring (bicyclic) bond motifs is 4. The number of allylic oxidation sites excluding steroid dienone is 3. The number of rotatable bonds is 4. The van der Waals surface area contributed by atoms with Crippen molar-refractivity contribution in [2.24, 2.45) is 5.92 Å². The number of hydrogen-bond acceptors (Lipinski definition) is 2. The molecule has 302 valence electrons. The van der Waals surface area contributed by atoms with Gasteiger partial charge in [0.2, 0.25) is 0 Å². The summed E-state index contributed by atoms with van der Waals surface area (Å²) in [4.78, 5) is 0. The second kappa shape index (κ2) is 13.6.